The first-order valence-electron chi connectivity index (χ1n) is 29.8. The molecule has 2 aromatic rings. The second-order valence-corrected chi connectivity index (χ2v) is 23.3. The standard InChI is InChI=1S/C42H70O35.C9H13N5O4/c43-1-8-29-15(50)22(57)36(64-8)72-30-9(2-44)66-38(24(59)17(30)52)74-32-11(4-46)68-40(26(61)19(32)54)76-34-13(6-48)70-42(28(63)21(34)56)77-35-14(7-49)69-41(27(62)20(35)55)75-33-12(5-47)67-39(25(60)18(33)53)73-31-10(3-45)65-37(71-29)23(58)16(31)51;10-9-12-7-6(8(17)13-9)11-3-14(7)4-18-5(1-15)2-16/h8-63H,1-7H2;3,5,15-16H,1-2,4H2,(H3,10,12,13,17)/t8-,9-,10-,11-,12-,13-,14-,15-,16-,17-,18-,19-,20-,21-,22-,23-,24-,25-,26-,27-,28+,29-,30-,31-,32-,33-,34-,35-,36-,37-,38-,39-,40-,41-,42-;/m0./s1. The number of rotatable bonds is 12. The summed E-state index contributed by atoms with van der Waals surface area (Å²) in [6, 6.07) is 0. The molecule has 0 saturated carbocycles. The largest absolute Gasteiger partial charge is 0.394 e. The van der Waals surface area contributed by atoms with E-state index in [-0.39, 0.29) is 37.1 Å². The maximum absolute atomic E-state index is 11.5. The maximum atomic E-state index is 11.5. The molecule has 35 atom stereocenters. The molecule has 26 N–H and O–H groups in total. The molecular weight excluding hydrogens is 1310 g/mol. The molecule has 21 fully saturated rings. The Balaban J connectivity index is 0.000000506. The summed E-state index contributed by atoms with van der Waals surface area (Å²) in [5.41, 5.74) is 5.43. The molecular formula is C51H83N5O39. The highest BCUT2D eigenvalue weighted by atomic mass is 16.8. The summed E-state index contributed by atoms with van der Waals surface area (Å²) >= 11 is 0. The fourth-order valence-corrected chi connectivity index (χ4v) is 11.8. The van der Waals surface area contributed by atoms with Crippen molar-refractivity contribution in [2.24, 2.45) is 0 Å². The Hall–Kier alpha value is -3.37. The fraction of sp³-hybridized carbons (Fsp3) is 0.902. The number of aromatic amines is 1. The van der Waals surface area contributed by atoms with E-state index in [9.17, 15) is 112 Å². The molecule has 44 heteroatoms. The summed E-state index contributed by atoms with van der Waals surface area (Å²) in [5.74, 6) is -0.0184. The third kappa shape index (κ3) is 15.7. The Morgan fingerprint density at radius 1 is 0.379 bits per heavy atom. The van der Waals surface area contributed by atoms with Crippen molar-refractivity contribution >= 4 is 17.1 Å². The fourth-order valence-electron chi connectivity index (χ4n) is 11.8. The average Bonchev–Trinajstić information content (AvgIpc) is 1.42. The number of aliphatic hydroxyl groups is 23. The van der Waals surface area contributed by atoms with Crippen LogP contribution in [0.5, 0.6) is 0 Å². The van der Waals surface area contributed by atoms with Crippen LogP contribution in [0.25, 0.3) is 11.2 Å². The third-order valence-corrected chi connectivity index (χ3v) is 17.1. The van der Waals surface area contributed by atoms with Gasteiger partial charge in [0.1, 0.15) is 184 Å². The van der Waals surface area contributed by atoms with E-state index in [2.05, 4.69) is 15.0 Å². The van der Waals surface area contributed by atoms with Gasteiger partial charge in [-0.25, -0.2) is 4.98 Å². The van der Waals surface area contributed by atoms with Crippen LogP contribution < -0.4 is 11.3 Å². The Bertz CT molecular complexity index is 2380. The van der Waals surface area contributed by atoms with Gasteiger partial charge in [0.15, 0.2) is 55.2 Å². The van der Waals surface area contributed by atoms with E-state index in [1.807, 2.05) is 0 Å². The summed E-state index contributed by atoms with van der Waals surface area (Å²) in [4.78, 5) is 21.6. The van der Waals surface area contributed by atoms with Crippen molar-refractivity contribution in [3.8, 4) is 0 Å². The lowest BCUT2D eigenvalue weighted by Gasteiger charge is -2.50. The third-order valence-electron chi connectivity index (χ3n) is 17.1. The number of hydrogen-bond donors (Lipinski definition) is 25. The van der Waals surface area contributed by atoms with Crippen molar-refractivity contribution in [2.75, 3.05) is 65.2 Å². The molecule has 95 heavy (non-hydrogen) atoms. The second-order valence-electron chi connectivity index (χ2n) is 23.3. The molecule has 0 radical (unpaired) electrons. The highest BCUT2D eigenvalue weighted by molar-refractivity contribution is 5.70. The number of H-pyrrole nitrogens is 1. The second kappa shape index (κ2) is 33.0. The number of nitrogens with two attached hydrogens (primary N) is 1. The Labute approximate surface area is 533 Å². The lowest BCUT2D eigenvalue weighted by atomic mass is 9.95. The minimum Gasteiger partial charge on any atom is -0.394 e. The number of imidazole rings is 1. The van der Waals surface area contributed by atoms with E-state index in [1.165, 1.54) is 10.9 Å². The molecule has 546 valence electrons. The van der Waals surface area contributed by atoms with Crippen LogP contribution in [0.2, 0.25) is 0 Å². The van der Waals surface area contributed by atoms with E-state index in [0.29, 0.717) is 0 Å². The molecule has 21 aliphatic heterocycles. The number of hydrogen-bond acceptors (Lipinski definition) is 42. The van der Waals surface area contributed by atoms with Gasteiger partial charge in [-0.1, -0.05) is 0 Å². The van der Waals surface area contributed by atoms with Crippen LogP contribution in [-0.2, 0) is 77.8 Å². The minimum absolute atomic E-state index is 0.00181. The first-order valence-corrected chi connectivity index (χ1v) is 29.8. The van der Waals surface area contributed by atoms with E-state index in [0.717, 1.165) is 0 Å². The average molecular weight is 1390 g/mol. The SMILES string of the molecule is Nc1nc2c(ncn2COC(CO)CO)c(=O)[nH]1.OC[C@@H]1O[C@H]2O[C@@H]3[C@@H](O)[C@H](O)[C@H](O[C@@H]4[C@@H](O)[C@H](O)[C@H](O[C@@H]5[C@@H](O)[C@@H](O)[C@H](O[C@@H]6[C@@H](O)[C@H](O)[C@H](O[C@@H]7[C@@H](O)[C@H](O)[C@H](O[C@@H]8[C@@H](O)[C@H](O)[C@H](O[C@@H]1[C@@H](O)[C@@H]2O)O[C@H]8CO)O[C@H]7CO)O[C@H]6CO)O[C@H]5CO)O[C@H]4CO)O[C@H]3CO. The molecule has 23 heterocycles. The van der Waals surface area contributed by atoms with Gasteiger partial charge >= 0.3 is 0 Å². The Morgan fingerprint density at radius 3 is 0.800 bits per heavy atom. The number of nitrogens with one attached hydrogen (secondary N) is 1. The minimum atomic E-state index is -2.21. The van der Waals surface area contributed by atoms with Crippen LogP contribution in [-0.4, -0.2) is 417 Å². The lowest BCUT2D eigenvalue weighted by molar-refractivity contribution is -0.396. The topological polar surface area (TPSA) is 693 Å². The molecule has 44 nitrogen and oxygen atoms in total. The van der Waals surface area contributed by atoms with Crippen molar-refractivity contribution in [2.45, 2.75) is 228 Å². The van der Waals surface area contributed by atoms with Gasteiger partial charge in [0.25, 0.3) is 5.56 Å². The molecule has 21 saturated heterocycles. The van der Waals surface area contributed by atoms with Gasteiger partial charge < -0.3 is 194 Å². The summed E-state index contributed by atoms with van der Waals surface area (Å²) in [6.45, 7) is -7.94. The predicted octanol–water partition coefficient (Wildman–Crippen LogP) is -17.2. The highest BCUT2D eigenvalue weighted by Crippen LogP contribution is 2.39. The Morgan fingerprint density at radius 2 is 0.600 bits per heavy atom. The number of ether oxygens (including phenoxy) is 15. The van der Waals surface area contributed by atoms with E-state index in [4.69, 9.17) is 87.0 Å². The van der Waals surface area contributed by atoms with Crippen LogP contribution in [0, 0.1) is 0 Å². The molecule has 21 aliphatic rings. The number of aromatic nitrogens is 4. The van der Waals surface area contributed by atoms with Crippen LogP contribution in [0.4, 0.5) is 5.95 Å². The monoisotopic (exact) mass is 1390 g/mol. The molecule has 2 aromatic heterocycles. The quantitative estimate of drug-likeness (QED) is 0.0938. The van der Waals surface area contributed by atoms with Gasteiger partial charge in [-0.15, -0.1) is 0 Å². The van der Waals surface area contributed by atoms with E-state index >= 15 is 0 Å². The first-order chi connectivity index (χ1) is 45.3. The van der Waals surface area contributed by atoms with Gasteiger partial charge in [-0.05, 0) is 0 Å². The van der Waals surface area contributed by atoms with Crippen molar-refractivity contribution in [3.63, 3.8) is 0 Å². The van der Waals surface area contributed by atoms with Gasteiger partial charge in [-0.2, -0.15) is 4.98 Å². The zero-order valence-electron chi connectivity index (χ0n) is 49.7. The van der Waals surface area contributed by atoms with Crippen LogP contribution in [0.15, 0.2) is 11.1 Å². The predicted molar refractivity (Wildman–Crippen MR) is 290 cm³/mol. The zero-order chi connectivity index (χ0) is 69.2. The van der Waals surface area contributed by atoms with Gasteiger partial charge in [0.2, 0.25) is 5.95 Å². The molecule has 0 unspecified atom stereocenters. The van der Waals surface area contributed by atoms with Crippen LogP contribution in [0.3, 0.4) is 0 Å². The molecule has 0 amide bonds. The molecule has 23 rings (SSSR count). The maximum Gasteiger partial charge on any atom is 0.280 e. The number of fused-ring (bicyclic) bond motifs is 1. The van der Waals surface area contributed by atoms with Gasteiger partial charge in [0, 0.05) is 0 Å². The summed E-state index contributed by atoms with van der Waals surface area (Å²) in [5, 5.41) is 248. The van der Waals surface area contributed by atoms with Crippen LogP contribution >= 0.6 is 0 Å². The van der Waals surface area contributed by atoms with Gasteiger partial charge in [0.05, 0.1) is 65.8 Å². The first kappa shape index (κ1) is 75.8. The summed E-state index contributed by atoms with van der Waals surface area (Å²) < 4.78 is 86.1. The smallest absolute Gasteiger partial charge is 0.280 e. The number of nitrogen functional groups attached to an aromatic ring is 1. The van der Waals surface area contributed by atoms with Crippen LogP contribution in [0.1, 0.15) is 0 Å². The van der Waals surface area contributed by atoms with Crippen molar-refractivity contribution in [1.29, 1.82) is 0 Å². The number of aliphatic hydroxyl groups excluding tert-OH is 23. The van der Waals surface area contributed by atoms with Crippen molar-refractivity contribution in [1.82, 2.24) is 19.5 Å². The normalized spacial score (nSPS) is 47.1. The van der Waals surface area contributed by atoms with Crippen molar-refractivity contribution < 1.29 is 189 Å². The highest BCUT2D eigenvalue weighted by Gasteiger charge is 2.59. The number of nitrogens with zero attached hydrogens (tertiary/aromatic N) is 3. The molecule has 0 aromatic carbocycles. The molecule has 0 spiro atoms. The van der Waals surface area contributed by atoms with E-state index < -0.39 is 273 Å². The zero-order valence-corrected chi connectivity index (χ0v) is 49.7. The summed E-state index contributed by atoms with van der Waals surface area (Å²) in [7, 11) is 0. The van der Waals surface area contributed by atoms with Gasteiger partial charge in [-0.3, -0.25) is 14.3 Å². The lowest BCUT2D eigenvalue weighted by Crippen LogP contribution is -2.68. The number of anilines is 1. The van der Waals surface area contributed by atoms with E-state index in [1.54, 1.807) is 0 Å². The Kier molecular flexibility index (Phi) is 26.3. The van der Waals surface area contributed by atoms with Crippen molar-refractivity contribution in [3.05, 3.63) is 16.7 Å². The molecule has 14 bridgehead atoms. The molecule has 0 aliphatic carbocycles. The summed E-state index contributed by atoms with van der Waals surface area (Å²) in [6.07, 6.45) is -69.6.